The predicted octanol–water partition coefficient (Wildman–Crippen LogP) is 2.32. The van der Waals surface area contributed by atoms with E-state index >= 15 is 0 Å². The number of hydrogen-bond donors (Lipinski definition) is 1. The summed E-state index contributed by atoms with van der Waals surface area (Å²) in [4.78, 5) is 13.1. The number of aromatic nitrogens is 3. The lowest BCUT2D eigenvalue weighted by molar-refractivity contribution is 0.935. The molecule has 0 radical (unpaired) electrons. The molecule has 0 spiro atoms. The summed E-state index contributed by atoms with van der Waals surface area (Å²) in [5, 5.41) is 12.0. The minimum atomic E-state index is 0.527. The molecule has 1 N–H and O–H groups in total. The molecule has 0 aliphatic heterocycles. The van der Waals surface area contributed by atoms with Gasteiger partial charge in [-0.1, -0.05) is 6.92 Å². The molecule has 2 aromatic rings. The van der Waals surface area contributed by atoms with Gasteiger partial charge in [0.05, 0.1) is 11.3 Å². The van der Waals surface area contributed by atoms with Crippen molar-refractivity contribution in [3.8, 4) is 17.3 Å². The first-order chi connectivity index (χ1) is 9.19. The van der Waals surface area contributed by atoms with Gasteiger partial charge in [-0.2, -0.15) is 5.26 Å². The van der Waals surface area contributed by atoms with E-state index in [0.717, 1.165) is 34.9 Å². The zero-order valence-corrected chi connectivity index (χ0v) is 11.2. The number of nitrogens with zero attached hydrogens (tertiary/aromatic N) is 4. The van der Waals surface area contributed by atoms with Crippen molar-refractivity contribution in [2.45, 2.75) is 20.3 Å². The summed E-state index contributed by atoms with van der Waals surface area (Å²) in [6.07, 6.45) is 4.02. The molecule has 0 aromatic carbocycles. The molecule has 0 fully saturated rings. The molecule has 0 saturated carbocycles. The summed E-state index contributed by atoms with van der Waals surface area (Å²) in [6.45, 7) is 3.97. The Kier molecular flexibility index (Phi) is 3.71. The van der Waals surface area contributed by atoms with Crippen molar-refractivity contribution in [2.75, 3.05) is 12.4 Å². The van der Waals surface area contributed by atoms with Gasteiger partial charge in [0.1, 0.15) is 17.7 Å². The monoisotopic (exact) mass is 253 g/mol. The van der Waals surface area contributed by atoms with Gasteiger partial charge >= 0.3 is 0 Å². The second-order valence-electron chi connectivity index (χ2n) is 4.14. The molecule has 5 heteroatoms. The maximum atomic E-state index is 8.94. The molecule has 19 heavy (non-hydrogen) atoms. The maximum absolute atomic E-state index is 8.94. The fourth-order valence-electron chi connectivity index (χ4n) is 1.88. The number of aryl methyl sites for hydroxylation is 1. The molecule has 0 saturated heterocycles. The van der Waals surface area contributed by atoms with Crippen LogP contribution in [0.3, 0.4) is 0 Å². The summed E-state index contributed by atoms with van der Waals surface area (Å²) < 4.78 is 0. The highest BCUT2D eigenvalue weighted by Gasteiger charge is 2.11. The number of nitriles is 1. The first-order valence-electron chi connectivity index (χ1n) is 6.10. The Morgan fingerprint density at radius 2 is 2.11 bits per heavy atom. The second kappa shape index (κ2) is 5.44. The molecule has 2 rings (SSSR count). The molecule has 0 bridgehead atoms. The third-order valence-corrected chi connectivity index (χ3v) is 2.89. The highest BCUT2D eigenvalue weighted by molar-refractivity contribution is 5.68. The summed E-state index contributed by atoms with van der Waals surface area (Å²) in [7, 11) is 1.84. The minimum absolute atomic E-state index is 0.527. The third-order valence-electron chi connectivity index (χ3n) is 2.89. The average Bonchev–Trinajstić information content (AvgIpc) is 2.47. The number of anilines is 1. The Hall–Kier alpha value is -2.48. The average molecular weight is 253 g/mol. The van der Waals surface area contributed by atoms with E-state index in [1.165, 1.54) is 0 Å². The first kappa shape index (κ1) is 13.0. The fourth-order valence-corrected chi connectivity index (χ4v) is 1.88. The smallest absolute Gasteiger partial charge is 0.132 e. The van der Waals surface area contributed by atoms with Crippen LogP contribution >= 0.6 is 0 Å². The zero-order chi connectivity index (χ0) is 13.8. The van der Waals surface area contributed by atoms with E-state index in [1.54, 1.807) is 18.5 Å². The summed E-state index contributed by atoms with van der Waals surface area (Å²) in [5.41, 5.74) is 3.14. The molecular formula is C14H15N5. The van der Waals surface area contributed by atoms with Crippen molar-refractivity contribution >= 4 is 5.82 Å². The molecule has 5 nitrogen and oxygen atoms in total. The van der Waals surface area contributed by atoms with Crippen molar-refractivity contribution in [3.63, 3.8) is 0 Å². The van der Waals surface area contributed by atoms with Crippen LogP contribution in [0.4, 0.5) is 5.82 Å². The van der Waals surface area contributed by atoms with E-state index in [1.807, 2.05) is 20.9 Å². The lowest BCUT2D eigenvalue weighted by Crippen LogP contribution is -2.04. The molecule has 2 heterocycles. The van der Waals surface area contributed by atoms with Crippen molar-refractivity contribution in [1.29, 1.82) is 5.26 Å². The topological polar surface area (TPSA) is 74.5 Å². The second-order valence-corrected chi connectivity index (χ2v) is 4.14. The summed E-state index contributed by atoms with van der Waals surface area (Å²) in [5.74, 6) is 1.58. The number of pyridine rings is 1. The van der Waals surface area contributed by atoms with E-state index < -0.39 is 0 Å². The van der Waals surface area contributed by atoms with Gasteiger partial charge in [-0.3, -0.25) is 4.98 Å². The van der Waals surface area contributed by atoms with Gasteiger partial charge in [-0.05, 0) is 13.0 Å². The van der Waals surface area contributed by atoms with Crippen LogP contribution in [-0.2, 0) is 6.42 Å². The molecule has 0 amide bonds. The van der Waals surface area contributed by atoms with Crippen molar-refractivity contribution < 1.29 is 0 Å². The quantitative estimate of drug-likeness (QED) is 0.908. The number of hydrogen-bond acceptors (Lipinski definition) is 5. The molecule has 96 valence electrons. The highest BCUT2D eigenvalue weighted by atomic mass is 15.0. The molecule has 0 aliphatic rings. The van der Waals surface area contributed by atoms with Crippen LogP contribution in [0.5, 0.6) is 0 Å². The maximum Gasteiger partial charge on any atom is 0.132 e. The van der Waals surface area contributed by atoms with Gasteiger partial charge in [0.25, 0.3) is 0 Å². The van der Waals surface area contributed by atoms with Gasteiger partial charge < -0.3 is 5.32 Å². The van der Waals surface area contributed by atoms with E-state index in [0.29, 0.717) is 5.56 Å². The SMILES string of the molecule is CCc1nc(NC)c(C)c(-c2cncc(C#N)c2)n1. The Morgan fingerprint density at radius 3 is 2.74 bits per heavy atom. The third kappa shape index (κ3) is 2.52. The van der Waals surface area contributed by atoms with Crippen LogP contribution in [0.1, 0.15) is 23.9 Å². The van der Waals surface area contributed by atoms with Gasteiger partial charge in [0, 0.05) is 37.0 Å². The van der Waals surface area contributed by atoms with Crippen LogP contribution in [-0.4, -0.2) is 22.0 Å². The fraction of sp³-hybridized carbons (Fsp3) is 0.286. The van der Waals surface area contributed by atoms with Gasteiger partial charge in [-0.25, -0.2) is 9.97 Å². The van der Waals surface area contributed by atoms with E-state index in [9.17, 15) is 0 Å². The van der Waals surface area contributed by atoms with E-state index in [2.05, 4.69) is 26.3 Å². The molecule has 0 atom stereocenters. The van der Waals surface area contributed by atoms with Gasteiger partial charge in [0.2, 0.25) is 0 Å². The summed E-state index contributed by atoms with van der Waals surface area (Å²) >= 11 is 0. The van der Waals surface area contributed by atoms with Crippen LogP contribution in [0.2, 0.25) is 0 Å². The minimum Gasteiger partial charge on any atom is -0.373 e. The largest absolute Gasteiger partial charge is 0.373 e. The standard InChI is InChI=1S/C14H15N5/c1-4-12-18-13(9(2)14(16-3)19-12)11-5-10(6-15)7-17-8-11/h5,7-8H,4H2,1-3H3,(H,16,18,19). The first-order valence-corrected chi connectivity index (χ1v) is 6.10. The van der Waals surface area contributed by atoms with E-state index in [-0.39, 0.29) is 0 Å². The number of nitrogens with one attached hydrogen (secondary N) is 1. The van der Waals surface area contributed by atoms with Crippen molar-refractivity contribution in [3.05, 3.63) is 35.4 Å². The van der Waals surface area contributed by atoms with Crippen molar-refractivity contribution in [1.82, 2.24) is 15.0 Å². The number of rotatable bonds is 3. The lowest BCUT2D eigenvalue weighted by Gasteiger charge is -2.11. The predicted molar refractivity (Wildman–Crippen MR) is 73.6 cm³/mol. The van der Waals surface area contributed by atoms with Gasteiger partial charge in [-0.15, -0.1) is 0 Å². The van der Waals surface area contributed by atoms with Crippen LogP contribution in [0.15, 0.2) is 18.5 Å². The Morgan fingerprint density at radius 1 is 1.32 bits per heavy atom. The van der Waals surface area contributed by atoms with Crippen LogP contribution < -0.4 is 5.32 Å². The van der Waals surface area contributed by atoms with Crippen LogP contribution in [0.25, 0.3) is 11.3 Å². The Balaban J connectivity index is 2.63. The molecule has 2 aromatic heterocycles. The van der Waals surface area contributed by atoms with Crippen molar-refractivity contribution in [2.24, 2.45) is 0 Å². The highest BCUT2D eigenvalue weighted by Crippen LogP contribution is 2.25. The summed E-state index contributed by atoms with van der Waals surface area (Å²) in [6, 6.07) is 3.89. The lowest BCUT2D eigenvalue weighted by atomic mass is 10.1. The molecule has 0 unspecified atom stereocenters. The zero-order valence-electron chi connectivity index (χ0n) is 11.2. The van der Waals surface area contributed by atoms with E-state index in [4.69, 9.17) is 5.26 Å². The van der Waals surface area contributed by atoms with Crippen LogP contribution in [0, 0.1) is 18.3 Å². The Labute approximate surface area is 112 Å². The Bertz CT molecular complexity index is 643. The van der Waals surface area contributed by atoms with Gasteiger partial charge in [0.15, 0.2) is 0 Å². The molecular weight excluding hydrogens is 238 g/mol. The normalized spacial score (nSPS) is 10.0. The molecule has 0 aliphatic carbocycles.